The molecule has 2 aliphatic carbocycles. The van der Waals surface area contributed by atoms with E-state index >= 15 is 0 Å². The molecule has 2 atom stereocenters. The lowest BCUT2D eigenvalue weighted by Gasteiger charge is -2.37. The Morgan fingerprint density at radius 2 is 2.00 bits per heavy atom. The summed E-state index contributed by atoms with van der Waals surface area (Å²) in [5.41, 5.74) is 2.88. The molecule has 2 unspecified atom stereocenters. The van der Waals surface area contributed by atoms with E-state index < -0.39 is 0 Å². The molecule has 2 heteroatoms. The molecule has 2 aliphatic rings. The first-order valence-corrected chi connectivity index (χ1v) is 8.17. The lowest BCUT2D eigenvalue weighted by atomic mass is 9.75. The van der Waals surface area contributed by atoms with Crippen molar-refractivity contribution in [1.82, 2.24) is 5.32 Å². The smallest absolute Gasteiger partial charge is 0.0462 e. The van der Waals surface area contributed by atoms with E-state index in [1.165, 1.54) is 43.2 Å². The van der Waals surface area contributed by atoms with Crippen LogP contribution >= 0.6 is 0 Å². The highest BCUT2D eigenvalue weighted by Crippen LogP contribution is 2.38. The van der Waals surface area contributed by atoms with E-state index in [9.17, 15) is 5.11 Å². The van der Waals surface area contributed by atoms with E-state index in [0.29, 0.717) is 24.5 Å². The Bertz CT molecular complexity index is 439. The Labute approximate surface area is 122 Å². The van der Waals surface area contributed by atoms with E-state index in [2.05, 4.69) is 36.5 Å². The maximum absolute atomic E-state index is 9.36. The third kappa shape index (κ3) is 3.07. The van der Waals surface area contributed by atoms with E-state index in [1.807, 2.05) is 0 Å². The van der Waals surface area contributed by atoms with Crippen LogP contribution in [0.3, 0.4) is 0 Å². The average Bonchev–Trinajstić information content (AvgIpc) is 2.84. The van der Waals surface area contributed by atoms with Crippen LogP contribution in [-0.2, 0) is 0 Å². The van der Waals surface area contributed by atoms with E-state index in [4.69, 9.17) is 0 Å². The molecule has 2 nitrogen and oxygen atoms in total. The number of aliphatic hydroxyl groups excluding tert-OH is 1. The van der Waals surface area contributed by atoms with Gasteiger partial charge in [-0.15, -0.1) is 0 Å². The molecule has 0 radical (unpaired) electrons. The van der Waals surface area contributed by atoms with Crippen molar-refractivity contribution in [3.8, 4) is 0 Å². The lowest BCUT2D eigenvalue weighted by Crippen LogP contribution is -2.42. The number of aliphatic hydroxyl groups is 1. The number of benzene rings is 1. The molecule has 0 saturated heterocycles. The summed E-state index contributed by atoms with van der Waals surface area (Å²) in [7, 11) is 0. The van der Waals surface area contributed by atoms with Gasteiger partial charge in [-0.25, -0.2) is 0 Å². The quantitative estimate of drug-likeness (QED) is 0.863. The normalized spacial score (nSPS) is 33.1. The van der Waals surface area contributed by atoms with Crippen molar-refractivity contribution in [2.24, 2.45) is 11.8 Å². The van der Waals surface area contributed by atoms with Crippen LogP contribution in [0.5, 0.6) is 0 Å². The highest BCUT2D eigenvalue weighted by atomic mass is 16.3. The summed E-state index contributed by atoms with van der Waals surface area (Å²) >= 11 is 0. The van der Waals surface area contributed by atoms with Crippen molar-refractivity contribution < 1.29 is 5.11 Å². The molecule has 0 aliphatic heterocycles. The molecule has 1 aromatic carbocycles. The van der Waals surface area contributed by atoms with Crippen LogP contribution in [-0.4, -0.2) is 24.3 Å². The van der Waals surface area contributed by atoms with Gasteiger partial charge in [-0.2, -0.15) is 0 Å². The third-order valence-corrected chi connectivity index (χ3v) is 5.37. The fourth-order valence-electron chi connectivity index (χ4n) is 3.92. The van der Waals surface area contributed by atoms with Crippen LogP contribution in [0, 0.1) is 18.8 Å². The van der Waals surface area contributed by atoms with Gasteiger partial charge >= 0.3 is 0 Å². The van der Waals surface area contributed by atoms with Gasteiger partial charge in [0.2, 0.25) is 0 Å². The Kier molecular flexibility index (Phi) is 4.42. The minimum Gasteiger partial charge on any atom is -0.396 e. The van der Waals surface area contributed by atoms with Gasteiger partial charge < -0.3 is 10.4 Å². The zero-order chi connectivity index (χ0) is 13.9. The Morgan fingerprint density at radius 3 is 2.75 bits per heavy atom. The molecular formula is C18H27NO. The molecule has 110 valence electrons. The summed E-state index contributed by atoms with van der Waals surface area (Å²) in [5.74, 6) is 2.01. The summed E-state index contributed by atoms with van der Waals surface area (Å²) in [5, 5.41) is 13.1. The lowest BCUT2D eigenvalue weighted by molar-refractivity contribution is 0.182. The Balaban J connectivity index is 1.42. The standard InChI is InChI=1S/C18H27NO/c1-13-4-2-5-14(8-13)17-9-18(10-17)19-11-15-6-3-7-16(15)12-20/h2,4-5,8,15-20H,3,6-7,9-12H2,1H3. The van der Waals surface area contributed by atoms with Gasteiger partial charge in [-0.05, 0) is 62.5 Å². The fourth-order valence-corrected chi connectivity index (χ4v) is 3.92. The van der Waals surface area contributed by atoms with Gasteiger partial charge in [0.15, 0.2) is 0 Å². The molecule has 0 amide bonds. The predicted molar refractivity (Wildman–Crippen MR) is 82.9 cm³/mol. The highest BCUT2D eigenvalue weighted by molar-refractivity contribution is 5.27. The number of hydrogen-bond donors (Lipinski definition) is 2. The number of nitrogens with one attached hydrogen (secondary N) is 1. The summed E-state index contributed by atoms with van der Waals surface area (Å²) in [6, 6.07) is 9.65. The Hall–Kier alpha value is -0.860. The second-order valence-corrected chi connectivity index (χ2v) is 6.82. The van der Waals surface area contributed by atoms with Crippen LogP contribution in [0.25, 0.3) is 0 Å². The zero-order valence-corrected chi connectivity index (χ0v) is 12.5. The molecule has 2 fully saturated rings. The first-order valence-electron chi connectivity index (χ1n) is 8.17. The van der Waals surface area contributed by atoms with Gasteiger partial charge in [0, 0.05) is 12.6 Å². The van der Waals surface area contributed by atoms with Crippen molar-refractivity contribution >= 4 is 0 Å². The maximum Gasteiger partial charge on any atom is 0.0462 e. The molecule has 0 aromatic heterocycles. The van der Waals surface area contributed by atoms with Crippen molar-refractivity contribution in [2.45, 2.75) is 51.0 Å². The molecule has 3 rings (SSSR count). The summed E-state index contributed by atoms with van der Waals surface area (Å²) in [4.78, 5) is 0. The second-order valence-electron chi connectivity index (χ2n) is 6.82. The first kappa shape index (κ1) is 14.1. The van der Waals surface area contributed by atoms with Gasteiger partial charge in [0.05, 0.1) is 0 Å². The van der Waals surface area contributed by atoms with Crippen LogP contribution in [0.15, 0.2) is 24.3 Å². The molecule has 0 heterocycles. The van der Waals surface area contributed by atoms with Crippen LogP contribution in [0.4, 0.5) is 0 Å². The van der Waals surface area contributed by atoms with E-state index in [0.717, 1.165) is 12.5 Å². The summed E-state index contributed by atoms with van der Waals surface area (Å²) < 4.78 is 0. The zero-order valence-electron chi connectivity index (χ0n) is 12.5. The average molecular weight is 273 g/mol. The van der Waals surface area contributed by atoms with Gasteiger partial charge in [0.25, 0.3) is 0 Å². The van der Waals surface area contributed by atoms with Crippen LogP contribution in [0.1, 0.15) is 49.1 Å². The van der Waals surface area contributed by atoms with Gasteiger partial charge in [-0.3, -0.25) is 0 Å². The van der Waals surface area contributed by atoms with Crippen LogP contribution in [0.2, 0.25) is 0 Å². The summed E-state index contributed by atoms with van der Waals surface area (Å²) in [6.45, 7) is 3.66. The predicted octanol–water partition coefficient (Wildman–Crippen LogP) is 3.24. The third-order valence-electron chi connectivity index (χ3n) is 5.37. The molecule has 2 saturated carbocycles. The number of rotatable bonds is 5. The monoisotopic (exact) mass is 273 g/mol. The molecule has 0 spiro atoms. The van der Waals surface area contributed by atoms with E-state index in [1.54, 1.807) is 0 Å². The minimum atomic E-state index is 0.378. The van der Waals surface area contributed by atoms with Crippen molar-refractivity contribution in [3.63, 3.8) is 0 Å². The van der Waals surface area contributed by atoms with Crippen molar-refractivity contribution in [1.29, 1.82) is 0 Å². The van der Waals surface area contributed by atoms with Crippen molar-refractivity contribution in [3.05, 3.63) is 35.4 Å². The maximum atomic E-state index is 9.36. The first-order chi connectivity index (χ1) is 9.76. The number of hydrogen-bond acceptors (Lipinski definition) is 2. The molecule has 1 aromatic rings. The van der Waals surface area contributed by atoms with Gasteiger partial charge in [-0.1, -0.05) is 36.2 Å². The molecule has 0 bridgehead atoms. The SMILES string of the molecule is Cc1cccc(C2CC(NCC3CCCC3CO)C2)c1. The fraction of sp³-hybridized carbons (Fsp3) is 0.667. The second kappa shape index (κ2) is 6.28. The van der Waals surface area contributed by atoms with E-state index in [-0.39, 0.29) is 0 Å². The minimum absolute atomic E-state index is 0.378. The van der Waals surface area contributed by atoms with Crippen molar-refractivity contribution in [2.75, 3.05) is 13.2 Å². The largest absolute Gasteiger partial charge is 0.396 e. The topological polar surface area (TPSA) is 32.3 Å². The summed E-state index contributed by atoms with van der Waals surface area (Å²) in [6.07, 6.45) is 6.37. The number of aryl methyl sites for hydroxylation is 1. The van der Waals surface area contributed by atoms with Crippen LogP contribution < -0.4 is 5.32 Å². The molecular weight excluding hydrogens is 246 g/mol. The Morgan fingerprint density at radius 1 is 1.20 bits per heavy atom. The highest BCUT2D eigenvalue weighted by Gasteiger charge is 2.32. The molecule has 2 N–H and O–H groups in total. The molecule has 20 heavy (non-hydrogen) atoms. The van der Waals surface area contributed by atoms with Gasteiger partial charge in [0.1, 0.15) is 0 Å².